The molecule has 1 aliphatic rings. The van der Waals surface area contributed by atoms with Crippen molar-refractivity contribution in [3.8, 4) is 0 Å². The second-order valence-electron chi connectivity index (χ2n) is 7.47. The lowest BCUT2D eigenvalue weighted by Crippen LogP contribution is -2.39. The quantitative estimate of drug-likeness (QED) is 0.745. The fourth-order valence-electron chi connectivity index (χ4n) is 3.61. The third-order valence-electron chi connectivity index (χ3n) is 5.32. The maximum Gasteiger partial charge on any atom is 0.241 e. The van der Waals surface area contributed by atoms with E-state index in [4.69, 9.17) is 0 Å². The minimum atomic E-state index is -0.330. The first-order valence-electron chi connectivity index (χ1n) is 9.73. The smallest absolute Gasteiger partial charge is 0.241 e. The van der Waals surface area contributed by atoms with E-state index in [0.717, 1.165) is 6.42 Å². The molecule has 2 N–H and O–H groups in total. The molecule has 0 saturated carbocycles. The number of amides is 1. The molecule has 0 radical (unpaired) electrons. The molecular formula is C23H28N2O2. The van der Waals surface area contributed by atoms with Crippen molar-refractivity contribution in [2.45, 2.75) is 58.5 Å². The topological polar surface area (TPSA) is 58.2 Å². The van der Waals surface area contributed by atoms with E-state index in [2.05, 4.69) is 35.8 Å². The van der Waals surface area contributed by atoms with E-state index in [-0.39, 0.29) is 23.8 Å². The second kappa shape index (κ2) is 8.49. The van der Waals surface area contributed by atoms with Crippen molar-refractivity contribution in [2.75, 3.05) is 5.32 Å². The summed E-state index contributed by atoms with van der Waals surface area (Å²) < 4.78 is 0. The van der Waals surface area contributed by atoms with Gasteiger partial charge in [0, 0.05) is 17.3 Å². The lowest BCUT2D eigenvalue weighted by atomic mass is 9.89. The Morgan fingerprint density at radius 3 is 2.26 bits per heavy atom. The Hall–Kier alpha value is -2.46. The number of hydrogen-bond acceptors (Lipinski definition) is 3. The third kappa shape index (κ3) is 4.83. The molecule has 27 heavy (non-hydrogen) atoms. The molecular weight excluding hydrogens is 336 g/mol. The number of fused-ring (bicyclic) bond motifs is 1. The molecule has 0 fully saturated rings. The monoisotopic (exact) mass is 364 g/mol. The Morgan fingerprint density at radius 2 is 1.59 bits per heavy atom. The molecule has 3 rings (SSSR count). The Balaban J connectivity index is 1.59. The van der Waals surface area contributed by atoms with Gasteiger partial charge in [-0.25, -0.2) is 0 Å². The van der Waals surface area contributed by atoms with Gasteiger partial charge in [-0.05, 0) is 87.4 Å². The predicted octanol–water partition coefficient (Wildman–Crippen LogP) is 4.45. The highest BCUT2D eigenvalue weighted by molar-refractivity contribution is 5.97. The van der Waals surface area contributed by atoms with Crippen molar-refractivity contribution in [3.05, 3.63) is 64.7 Å². The molecule has 2 atom stereocenters. The van der Waals surface area contributed by atoms with Crippen LogP contribution in [0.2, 0.25) is 0 Å². The molecule has 1 aliphatic carbocycles. The highest BCUT2D eigenvalue weighted by Crippen LogP contribution is 2.25. The zero-order valence-electron chi connectivity index (χ0n) is 16.3. The van der Waals surface area contributed by atoms with E-state index in [0.29, 0.717) is 11.3 Å². The molecule has 4 nitrogen and oxygen atoms in total. The molecule has 0 aromatic heterocycles. The van der Waals surface area contributed by atoms with E-state index in [1.54, 1.807) is 24.3 Å². The normalized spacial score (nSPS) is 15.5. The summed E-state index contributed by atoms with van der Waals surface area (Å²) in [6.07, 6.45) is 4.88. The van der Waals surface area contributed by atoms with E-state index < -0.39 is 0 Å². The third-order valence-corrected chi connectivity index (χ3v) is 5.32. The highest BCUT2D eigenvalue weighted by Gasteiger charge is 2.18. The van der Waals surface area contributed by atoms with Crippen LogP contribution < -0.4 is 10.6 Å². The summed E-state index contributed by atoms with van der Waals surface area (Å²) in [5, 5.41) is 6.29. The van der Waals surface area contributed by atoms with E-state index in [1.165, 1.54) is 42.9 Å². The number of hydrogen-bond donors (Lipinski definition) is 2. The predicted molar refractivity (Wildman–Crippen MR) is 109 cm³/mol. The van der Waals surface area contributed by atoms with Gasteiger partial charge in [-0.2, -0.15) is 0 Å². The van der Waals surface area contributed by atoms with E-state index in [1.807, 2.05) is 6.92 Å². The number of ketones is 1. The van der Waals surface area contributed by atoms with Gasteiger partial charge in [-0.3, -0.25) is 14.9 Å². The zero-order chi connectivity index (χ0) is 19.4. The van der Waals surface area contributed by atoms with Gasteiger partial charge in [0.15, 0.2) is 5.78 Å². The minimum Gasteiger partial charge on any atom is -0.325 e. The van der Waals surface area contributed by atoms with Crippen molar-refractivity contribution < 1.29 is 9.59 Å². The number of carbonyl (C=O) groups excluding carboxylic acids is 2. The molecule has 1 amide bonds. The van der Waals surface area contributed by atoms with Crippen molar-refractivity contribution in [1.82, 2.24) is 5.32 Å². The van der Waals surface area contributed by atoms with Gasteiger partial charge in [0.25, 0.3) is 0 Å². The lowest BCUT2D eigenvalue weighted by Gasteiger charge is -2.22. The van der Waals surface area contributed by atoms with Gasteiger partial charge in [0.05, 0.1) is 6.04 Å². The highest BCUT2D eigenvalue weighted by atomic mass is 16.2. The Morgan fingerprint density at radius 1 is 0.926 bits per heavy atom. The first kappa shape index (κ1) is 19.3. The van der Waals surface area contributed by atoms with Gasteiger partial charge >= 0.3 is 0 Å². The first-order chi connectivity index (χ1) is 12.9. The largest absolute Gasteiger partial charge is 0.325 e. The van der Waals surface area contributed by atoms with Crippen molar-refractivity contribution in [3.63, 3.8) is 0 Å². The molecule has 0 heterocycles. The van der Waals surface area contributed by atoms with Gasteiger partial charge in [-0.1, -0.05) is 18.2 Å². The first-order valence-corrected chi connectivity index (χ1v) is 9.73. The van der Waals surface area contributed by atoms with Crippen LogP contribution in [-0.2, 0) is 17.6 Å². The number of Topliss-reactive ketones (excluding diaryl/α,β-unsaturated/α-hetero) is 1. The van der Waals surface area contributed by atoms with Gasteiger partial charge < -0.3 is 5.32 Å². The summed E-state index contributed by atoms with van der Waals surface area (Å²) in [6.45, 7) is 5.49. The van der Waals surface area contributed by atoms with Crippen LogP contribution in [0.1, 0.15) is 66.7 Å². The van der Waals surface area contributed by atoms with Crippen molar-refractivity contribution >= 4 is 17.4 Å². The average Bonchev–Trinajstić information content (AvgIpc) is 2.67. The summed E-state index contributed by atoms with van der Waals surface area (Å²) in [5.74, 6) is -0.0721. The second-order valence-corrected chi connectivity index (χ2v) is 7.47. The van der Waals surface area contributed by atoms with Crippen LogP contribution in [0.5, 0.6) is 0 Å². The van der Waals surface area contributed by atoms with Crippen LogP contribution >= 0.6 is 0 Å². The van der Waals surface area contributed by atoms with Gasteiger partial charge in [0.1, 0.15) is 0 Å². The minimum absolute atomic E-state index is 0.0155. The number of anilines is 1. The van der Waals surface area contributed by atoms with Gasteiger partial charge in [-0.15, -0.1) is 0 Å². The molecule has 142 valence electrons. The van der Waals surface area contributed by atoms with Crippen LogP contribution in [0.4, 0.5) is 5.69 Å². The average molecular weight is 364 g/mol. The zero-order valence-corrected chi connectivity index (χ0v) is 16.3. The summed E-state index contributed by atoms with van der Waals surface area (Å²) >= 11 is 0. The lowest BCUT2D eigenvalue weighted by molar-refractivity contribution is -0.117. The maximum atomic E-state index is 12.5. The van der Waals surface area contributed by atoms with Crippen LogP contribution in [0.3, 0.4) is 0 Å². The Labute approximate surface area is 161 Å². The Bertz CT molecular complexity index is 827. The summed E-state index contributed by atoms with van der Waals surface area (Å²) in [5.41, 5.74) is 5.48. The SMILES string of the molecule is CC(=O)c1ccc(NC(=O)[C@H](C)N[C@@H](C)c2ccc3c(c2)CCCC3)cc1. The molecule has 0 unspecified atom stereocenters. The van der Waals surface area contributed by atoms with E-state index in [9.17, 15) is 9.59 Å². The molecule has 2 aromatic rings. The summed E-state index contributed by atoms with van der Waals surface area (Å²) in [6, 6.07) is 13.4. The van der Waals surface area contributed by atoms with Crippen molar-refractivity contribution in [1.29, 1.82) is 0 Å². The Kier molecular flexibility index (Phi) is 6.07. The number of rotatable bonds is 6. The number of nitrogens with one attached hydrogen (secondary N) is 2. The fraction of sp³-hybridized carbons (Fsp3) is 0.391. The molecule has 0 bridgehead atoms. The molecule has 0 saturated heterocycles. The van der Waals surface area contributed by atoms with Crippen molar-refractivity contribution in [2.24, 2.45) is 0 Å². The van der Waals surface area contributed by atoms with Gasteiger partial charge in [0.2, 0.25) is 5.91 Å². The summed E-state index contributed by atoms with van der Waals surface area (Å²) in [7, 11) is 0. The molecule has 4 heteroatoms. The van der Waals surface area contributed by atoms with Crippen LogP contribution in [0, 0.1) is 0 Å². The number of aryl methyl sites for hydroxylation is 2. The molecule has 0 spiro atoms. The van der Waals surface area contributed by atoms with E-state index >= 15 is 0 Å². The van der Waals surface area contributed by atoms with Crippen LogP contribution in [0.25, 0.3) is 0 Å². The van der Waals surface area contributed by atoms with Crippen LogP contribution in [-0.4, -0.2) is 17.7 Å². The maximum absolute atomic E-state index is 12.5. The fourth-order valence-corrected chi connectivity index (χ4v) is 3.61. The summed E-state index contributed by atoms with van der Waals surface area (Å²) in [4.78, 5) is 23.8. The molecule has 2 aromatic carbocycles. The molecule has 0 aliphatic heterocycles. The van der Waals surface area contributed by atoms with Crippen LogP contribution in [0.15, 0.2) is 42.5 Å². The number of benzene rings is 2. The standard InChI is InChI=1S/C23H28N2O2/c1-15(20-9-8-19-6-4-5-7-21(19)14-20)24-16(2)23(27)25-22-12-10-18(11-13-22)17(3)26/h8-16,24H,4-7H2,1-3H3,(H,25,27)/t15-,16-/m0/s1. The number of carbonyl (C=O) groups is 2.